The van der Waals surface area contributed by atoms with E-state index < -0.39 is 78.9 Å². The molecule has 4 rings (SSSR count). The first kappa shape index (κ1) is 28.1. The summed E-state index contributed by atoms with van der Waals surface area (Å²) in [5.74, 6) is -3.12. The van der Waals surface area contributed by atoms with Gasteiger partial charge in [-0.25, -0.2) is 8.42 Å². The molecule has 0 bridgehead atoms. The molecule has 1 unspecified atom stereocenters. The molecule has 0 saturated carbocycles. The van der Waals surface area contributed by atoms with Gasteiger partial charge in [0, 0.05) is 22.8 Å². The van der Waals surface area contributed by atoms with Gasteiger partial charge in [-0.1, -0.05) is 31.5 Å². The molecule has 0 radical (unpaired) electrons. The molecule has 1 aliphatic heterocycles. The Bertz CT molecular complexity index is 1470. The lowest BCUT2D eigenvalue weighted by Gasteiger charge is -2.35. The van der Waals surface area contributed by atoms with Gasteiger partial charge in [0.15, 0.2) is 5.78 Å². The van der Waals surface area contributed by atoms with Crippen molar-refractivity contribution in [3.05, 3.63) is 70.4 Å². The Morgan fingerprint density at radius 1 is 0.947 bits per heavy atom. The van der Waals surface area contributed by atoms with Crippen LogP contribution < -0.4 is 9.62 Å². The molecule has 1 aliphatic carbocycles. The average Bonchev–Trinajstić information content (AvgIpc) is 3.00. The summed E-state index contributed by atoms with van der Waals surface area (Å²) in [6.45, 7) is 3.07. The van der Waals surface area contributed by atoms with Gasteiger partial charge in [-0.15, -0.1) is 0 Å². The number of carbonyl (C=O) groups excluding carboxylic acids is 2. The van der Waals surface area contributed by atoms with Gasteiger partial charge in [-0.3, -0.25) is 14.5 Å². The summed E-state index contributed by atoms with van der Waals surface area (Å²) in [5, 5.41) is 0.0804. The number of nitrogens with one attached hydrogen (secondary N) is 1. The minimum absolute atomic E-state index is 0.0804. The number of hydrogen-bond acceptors (Lipinski definition) is 4. The van der Waals surface area contributed by atoms with Crippen molar-refractivity contribution in [1.82, 2.24) is 4.72 Å². The van der Waals surface area contributed by atoms with Crippen LogP contribution in [0.25, 0.3) is 0 Å². The highest BCUT2D eigenvalue weighted by molar-refractivity contribution is 7.89. The van der Waals surface area contributed by atoms with Crippen LogP contribution in [0, 0.1) is 5.41 Å². The van der Waals surface area contributed by atoms with Gasteiger partial charge in [0.25, 0.3) is 5.91 Å². The van der Waals surface area contributed by atoms with Crippen LogP contribution in [0.15, 0.2) is 64.7 Å². The fourth-order valence-electron chi connectivity index (χ4n) is 4.69. The largest absolute Gasteiger partial charge is 0.421 e. The molecule has 1 heterocycles. The van der Waals surface area contributed by atoms with Gasteiger partial charge < -0.3 is 0 Å². The number of allylic oxidation sites excluding steroid dienone is 1. The second-order valence-electron chi connectivity index (χ2n) is 9.76. The number of rotatable bonds is 4. The zero-order valence-electron chi connectivity index (χ0n) is 19.7. The summed E-state index contributed by atoms with van der Waals surface area (Å²) in [6, 6.07) is 7.00. The van der Waals surface area contributed by atoms with Crippen LogP contribution in [0.5, 0.6) is 0 Å². The molecule has 204 valence electrons. The zero-order valence-corrected chi connectivity index (χ0v) is 21.2. The maximum atomic E-state index is 14.9. The van der Waals surface area contributed by atoms with Crippen molar-refractivity contribution in [2.75, 3.05) is 4.90 Å². The predicted molar refractivity (Wildman–Crippen MR) is 125 cm³/mol. The number of carbonyl (C=O) groups is 2. The molecule has 0 fully saturated rings. The molecule has 2 aromatic rings. The third-order valence-corrected chi connectivity index (χ3v) is 8.01. The number of alkyl halides is 6. The number of Topliss-reactive ketones (excluding diaryl/α,β-unsaturated/α-hetero) is 1. The average molecular weight is 581 g/mol. The van der Waals surface area contributed by atoms with E-state index in [1.54, 1.807) is 0 Å². The molecule has 6 nitrogen and oxygen atoms in total. The van der Waals surface area contributed by atoms with Crippen LogP contribution in [-0.2, 0) is 25.8 Å². The van der Waals surface area contributed by atoms with E-state index in [9.17, 15) is 44.3 Å². The Kier molecular flexibility index (Phi) is 6.52. The number of hydrogen-bond donors (Lipinski definition) is 1. The Morgan fingerprint density at radius 3 is 2.11 bits per heavy atom. The molecule has 2 aromatic carbocycles. The number of benzene rings is 2. The Labute approximate surface area is 218 Å². The molecule has 0 aromatic heterocycles. The molecular weight excluding hydrogens is 562 g/mol. The molecule has 0 saturated heterocycles. The Hall–Kier alpha value is -2.90. The van der Waals surface area contributed by atoms with E-state index in [2.05, 4.69) is 0 Å². The summed E-state index contributed by atoms with van der Waals surface area (Å²) in [5.41, 5.74) is -8.59. The van der Waals surface area contributed by atoms with Crippen molar-refractivity contribution in [3.8, 4) is 0 Å². The van der Waals surface area contributed by atoms with Gasteiger partial charge >= 0.3 is 12.4 Å². The molecule has 1 amide bonds. The van der Waals surface area contributed by atoms with Crippen LogP contribution in [0.3, 0.4) is 0 Å². The molecule has 14 heteroatoms. The second kappa shape index (κ2) is 8.82. The maximum Gasteiger partial charge on any atom is 0.421 e. The van der Waals surface area contributed by atoms with E-state index in [4.69, 9.17) is 11.6 Å². The molecular formula is C24H19ClF6N2O4S. The van der Waals surface area contributed by atoms with Gasteiger partial charge in [0.2, 0.25) is 15.6 Å². The first-order chi connectivity index (χ1) is 17.3. The third-order valence-electron chi connectivity index (χ3n) is 6.29. The molecule has 1 N–H and O–H groups in total. The van der Waals surface area contributed by atoms with Crippen molar-refractivity contribution >= 4 is 39.0 Å². The second-order valence-corrected chi connectivity index (χ2v) is 11.9. The van der Waals surface area contributed by atoms with Crippen LogP contribution in [0.4, 0.5) is 32.0 Å². The van der Waals surface area contributed by atoms with Crippen molar-refractivity contribution in [2.24, 2.45) is 5.41 Å². The summed E-state index contributed by atoms with van der Waals surface area (Å²) in [4.78, 5) is 26.6. The minimum Gasteiger partial charge on any atom is -0.294 e. The lowest BCUT2D eigenvalue weighted by Crippen LogP contribution is -2.66. The van der Waals surface area contributed by atoms with Crippen LogP contribution in [-0.4, -0.2) is 31.8 Å². The van der Waals surface area contributed by atoms with E-state index in [0.717, 1.165) is 36.4 Å². The van der Waals surface area contributed by atoms with Gasteiger partial charge in [-0.05, 0) is 54.3 Å². The first-order valence-electron chi connectivity index (χ1n) is 11.0. The lowest BCUT2D eigenvalue weighted by molar-refractivity contribution is -0.184. The first-order valence-corrected chi connectivity index (χ1v) is 12.8. The summed E-state index contributed by atoms with van der Waals surface area (Å²) in [6.07, 6.45) is -11.4. The summed E-state index contributed by atoms with van der Waals surface area (Å²) in [7, 11) is -5.12. The maximum absolute atomic E-state index is 14.9. The number of ketones is 1. The Morgan fingerprint density at radius 2 is 1.55 bits per heavy atom. The van der Waals surface area contributed by atoms with Crippen molar-refractivity contribution in [2.45, 2.75) is 49.5 Å². The van der Waals surface area contributed by atoms with Gasteiger partial charge in [0.05, 0.1) is 16.0 Å². The SMILES string of the molecule is CC1(C)CC(=O)C2=C(C1)N(c1cccc(C(F)(F)F)c1)C(=O)C2(NS(=O)(=O)c1ccc(Cl)cc1)C(F)(F)F. The molecule has 2 aliphatic rings. The van der Waals surface area contributed by atoms with Gasteiger partial charge in [0.1, 0.15) is 0 Å². The van der Waals surface area contributed by atoms with Crippen LogP contribution in [0.1, 0.15) is 32.3 Å². The minimum atomic E-state index is -5.70. The smallest absolute Gasteiger partial charge is 0.294 e. The van der Waals surface area contributed by atoms with Crippen LogP contribution >= 0.6 is 11.6 Å². The number of nitrogens with zero attached hydrogens (tertiary/aromatic N) is 1. The van der Waals surface area contributed by atoms with Crippen molar-refractivity contribution in [1.29, 1.82) is 0 Å². The van der Waals surface area contributed by atoms with E-state index in [1.165, 1.54) is 18.6 Å². The zero-order chi connectivity index (χ0) is 28.5. The highest BCUT2D eigenvalue weighted by atomic mass is 35.5. The van der Waals surface area contributed by atoms with Gasteiger partial charge in [-0.2, -0.15) is 31.1 Å². The predicted octanol–water partition coefficient (Wildman–Crippen LogP) is 5.63. The highest BCUT2D eigenvalue weighted by Gasteiger charge is 2.72. The monoisotopic (exact) mass is 580 g/mol. The third kappa shape index (κ3) is 4.60. The quantitative estimate of drug-likeness (QED) is 0.475. The van der Waals surface area contributed by atoms with E-state index >= 15 is 0 Å². The normalized spacial score (nSPS) is 22.2. The van der Waals surface area contributed by atoms with Crippen LogP contribution in [0.2, 0.25) is 5.02 Å². The van der Waals surface area contributed by atoms with Crippen molar-refractivity contribution in [3.63, 3.8) is 0 Å². The lowest BCUT2D eigenvalue weighted by atomic mass is 9.72. The number of anilines is 1. The fraction of sp³-hybridized carbons (Fsp3) is 0.333. The standard InChI is InChI=1S/C24H19ClF6N2O4S/c1-21(2)11-17-19(18(34)12-21)22(24(29,30)31,32-38(36,37)16-8-6-14(25)7-9-16)20(35)33(17)15-5-3-4-13(10-15)23(26,27)28/h3-10,32H,11-12H2,1-2H3. The van der Waals surface area contributed by atoms with E-state index in [0.29, 0.717) is 17.0 Å². The van der Waals surface area contributed by atoms with Crippen molar-refractivity contribution < 1.29 is 44.3 Å². The summed E-state index contributed by atoms with van der Waals surface area (Å²) >= 11 is 5.74. The topological polar surface area (TPSA) is 83.6 Å². The molecule has 1 atom stereocenters. The number of sulfonamides is 1. The van der Waals surface area contributed by atoms with E-state index in [1.807, 2.05) is 0 Å². The molecule has 0 spiro atoms. The molecule has 38 heavy (non-hydrogen) atoms. The van der Waals surface area contributed by atoms with E-state index in [-0.39, 0.29) is 11.4 Å². The Balaban J connectivity index is 1.99. The number of amides is 1. The summed E-state index contributed by atoms with van der Waals surface area (Å²) < 4.78 is 113. The number of halogens is 7. The fourth-order valence-corrected chi connectivity index (χ4v) is 6.13. The highest BCUT2D eigenvalue weighted by Crippen LogP contribution is 2.53.